The van der Waals surface area contributed by atoms with Gasteiger partial charge >= 0.3 is 0 Å². The van der Waals surface area contributed by atoms with Crippen LogP contribution in [-0.2, 0) is 12.8 Å². The van der Waals surface area contributed by atoms with Crippen LogP contribution in [0.25, 0.3) is 10.2 Å². The van der Waals surface area contributed by atoms with Crippen LogP contribution in [-0.4, -0.2) is 9.97 Å². The summed E-state index contributed by atoms with van der Waals surface area (Å²) in [6, 6.07) is 5.39. The van der Waals surface area contributed by atoms with Crippen LogP contribution >= 0.6 is 46.1 Å². The predicted molar refractivity (Wildman–Crippen MR) is 94.2 cm³/mol. The van der Waals surface area contributed by atoms with Crippen molar-refractivity contribution in [1.29, 1.82) is 0 Å². The van der Waals surface area contributed by atoms with E-state index in [0.29, 0.717) is 10.0 Å². The van der Waals surface area contributed by atoms with E-state index in [2.05, 4.69) is 15.3 Å². The average molecular weight is 371 g/mol. The van der Waals surface area contributed by atoms with Crippen molar-refractivity contribution in [3.05, 3.63) is 44.0 Å². The molecule has 112 valence electrons. The number of rotatable bonds is 2. The minimum Gasteiger partial charge on any atom is -0.339 e. The Balaban J connectivity index is 1.85. The standard InChI is InChI=1S/C15H10Cl3N3S/c16-9-5-4-7(6-10(9)17)19-13-12-8-2-1-3-11(8)22-14(12)21-15(18)20-13/h4-6H,1-3H2,(H,19,20,21). The molecule has 0 saturated heterocycles. The number of fused-ring (bicyclic) bond motifs is 3. The van der Waals surface area contributed by atoms with E-state index in [1.807, 2.05) is 6.07 Å². The van der Waals surface area contributed by atoms with E-state index in [-0.39, 0.29) is 5.28 Å². The Kier molecular flexibility index (Phi) is 3.65. The van der Waals surface area contributed by atoms with Crippen LogP contribution in [0.5, 0.6) is 0 Å². The largest absolute Gasteiger partial charge is 0.339 e. The number of hydrogen-bond donors (Lipinski definition) is 1. The second-order valence-corrected chi connectivity index (χ2v) is 7.37. The third kappa shape index (κ3) is 2.44. The molecule has 0 radical (unpaired) electrons. The highest BCUT2D eigenvalue weighted by atomic mass is 35.5. The Bertz CT molecular complexity index is 891. The Morgan fingerprint density at radius 1 is 1.05 bits per heavy atom. The lowest BCUT2D eigenvalue weighted by molar-refractivity contribution is 0.917. The molecule has 1 N–H and O–H groups in total. The molecule has 0 saturated carbocycles. The van der Waals surface area contributed by atoms with Crippen LogP contribution in [0.2, 0.25) is 15.3 Å². The van der Waals surface area contributed by atoms with E-state index in [9.17, 15) is 0 Å². The number of hydrogen-bond acceptors (Lipinski definition) is 4. The zero-order valence-corrected chi connectivity index (χ0v) is 14.4. The molecule has 3 aromatic rings. The first-order valence-corrected chi connectivity index (χ1v) is 8.77. The molecule has 0 atom stereocenters. The molecule has 2 aromatic heterocycles. The van der Waals surface area contributed by atoms with Crippen molar-refractivity contribution >= 4 is 67.9 Å². The molecule has 3 nitrogen and oxygen atoms in total. The number of anilines is 2. The Morgan fingerprint density at radius 2 is 1.91 bits per heavy atom. The molecule has 1 aromatic carbocycles. The minimum atomic E-state index is 0.245. The first kappa shape index (κ1) is 14.5. The van der Waals surface area contributed by atoms with Crippen molar-refractivity contribution in [3.63, 3.8) is 0 Å². The molecule has 0 amide bonds. The molecule has 0 aliphatic heterocycles. The summed E-state index contributed by atoms with van der Waals surface area (Å²) in [5.41, 5.74) is 2.17. The summed E-state index contributed by atoms with van der Waals surface area (Å²) in [5.74, 6) is 0.729. The molecule has 4 rings (SSSR count). The number of nitrogens with one attached hydrogen (secondary N) is 1. The number of nitrogens with zero attached hydrogens (tertiary/aromatic N) is 2. The Hall–Kier alpha value is -1.07. The van der Waals surface area contributed by atoms with Crippen LogP contribution < -0.4 is 5.32 Å². The highest BCUT2D eigenvalue weighted by Crippen LogP contribution is 2.40. The fourth-order valence-electron chi connectivity index (χ4n) is 2.77. The SMILES string of the molecule is Clc1nc(Nc2ccc(Cl)c(Cl)c2)c2c3c(sc2n1)CCC3. The zero-order chi connectivity index (χ0) is 15.3. The predicted octanol–water partition coefficient (Wildman–Crippen LogP) is 5.88. The van der Waals surface area contributed by atoms with Crippen LogP contribution in [0.15, 0.2) is 18.2 Å². The molecule has 0 fully saturated rings. The molecule has 2 heterocycles. The second kappa shape index (κ2) is 5.53. The van der Waals surface area contributed by atoms with Crippen molar-refractivity contribution in [3.8, 4) is 0 Å². The maximum absolute atomic E-state index is 6.07. The van der Waals surface area contributed by atoms with Crippen LogP contribution in [0.4, 0.5) is 11.5 Å². The van der Waals surface area contributed by atoms with Crippen molar-refractivity contribution in [1.82, 2.24) is 9.97 Å². The molecular weight excluding hydrogens is 361 g/mol. The van der Waals surface area contributed by atoms with Gasteiger partial charge in [-0.1, -0.05) is 23.2 Å². The number of aryl methyl sites for hydroxylation is 2. The summed E-state index contributed by atoms with van der Waals surface area (Å²) in [7, 11) is 0. The van der Waals surface area contributed by atoms with Crippen molar-refractivity contribution in [2.75, 3.05) is 5.32 Å². The lowest BCUT2D eigenvalue weighted by Crippen LogP contribution is -1.97. The topological polar surface area (TPSA) is 37.8 Å². The number of benzene rings is 1. The second-order valence-electron chi connectivity index (χ2n) is 5.13. The average Bonchev–Trinajstić information content (AvgIpc) is 3.02. The fourth-order valence-corrected chi connectivity index (χ4v) is 4.55. The summed E-state index contributed by atoms with van der Waals surface area (Å²) < 4.78 is 0. The maximum Gasteiger partial charge on any atom is 0.225 e. The Morgan fingerprint density at radius 3 is 2.73 bits per heavy atom. The normalized spacial score (nSPS) is 13.6. The van der Waals surface area contributed by atoms with Gasteiger partial charge in [-0.05, 0) is 54.6 Å². The molecule has 0 unspecified atom stereocenters. The van der Waals surface area contributed by atoms with Gasteiger partial charge in [-0.15, -0.1) is 11.3 Å². The van der Waals surface area contributed by atoms with Gasteiger partial charge in [-0.25, -0.2) is 4.98 Å². The monoisotopic (exact) mass is 369 g/mol. The van der Waals surface area contributed by atoms with Gasteiger partial charge in [0.15, 0.2) is 0 Å². The van der Waals surface area contributed by atoms with Crippen molar-refractivity contribution < 1.29 is 0 Å². The summed E-state index contributed by atoms with van der Waals surface area (Å²) >= 11 is 19.8. The van der Waals surface area contributed by atoms with Gasteiger partial charge in [0.05, 0.1) is 15.4 Å². The highest BCUT2D eigenvalue weighted by Gasteiger charge is 2.22. The highest BCUT2D eigenvalue weighted by molar-refractivity contribution is 7.19. The third-order valence-electron chi connectivity index (χ3n) is 3.72. The van der Waals surface area contributed by atoms with Crippen LogP contribution in [0.1, 0.15) is 16.9 Å². The van der Waals surface area contributed by atoms with E-state index in [1.165, 1.54) is 16.9 Å². The molecule has 7 heteroatoms. The molecule has 0 bridgehead atoms. The Labute approximate surface area is 146 Å². The number of thiophene rings is 1. The van der Waals surface area contributed by atoms with Gasteiger partial charge in [0.25, 0.3) is 0 Å². The van der Waals surface area contributed by atoms with Gasteiger partial charge in [0.1, 0.15) is 10.6 Å². The lowest BCUT2D eigenvalue weighted by Gasteiger charge is -2.09. The van der Waals surface area contributed by atoms with Gasteiger partial charge in [0.2, 0.25) is 5.28 Å². The van der Waals surface area contributed by atoms with Gasteiger partial charge in [0, 0.05) is 10.6 Å². The number of aromatic nitrogens is 2. The lowest BCUT2D eigenvalue weighted by atomic mass is 10.2. The fraction of sp³-hybridized carbons (Fsp3) is 0.200. The minimum absolute atomic E-state index is 0.245. The van der Waals surface area contributed by atoms with Gasteiger partial charge in [-0.3, -0.25) is 0 Å². The molecular formula is C15H10Cl3N3S. The van der Waals surface area contributed by atoms with Crippen molar-refractivity contribution in [2.24, 2.45) is 0 Å². The summed E-state index contributed by atoms with van der Waals surface area (Å²) in [6.07, 6.45) is 3.36. The van der Waals surface area contributed by atoms with Gasteiger partial charge < -0.3 is 5.32 Å². The van der Waals surface area contributed by atoms with Crippen molar-refractivity contribution in [2.45, 2.75) is 19.3 Å². The van der Waals surface area contributed by atoms with Crippen LogP contribution in [0, 0.1) is 0 Å². The summed E-state index contributed by atoms with van der Waals surface area (Å²) in [4.78, 5) is 11.1. The van der Waals surface area contributed by atoms with E-state index in [0.717, 1.165) is 34.6 Å². The summed E-state index contributed by atoms with van der Waals surface area (Å²) in [6.45, 7) is 0. The maximum atomic E-state index is 6.07. The van der Waals surface area contributed by atoms with E-state index in [1.54, 1.807) is 23.5 Å². The van der Waals surface area contributed by atoms with E-state index < -0.39 is 0 Å². The molecule has 1 aliphatic carbocycles. The molecule has 1 aliphatic rings. The van der Waals surface area contributed by atoms with Gasteiger partial charge in [-0.2, -0.15) is 4.98 Å². The quantitative estimate of drug-likeness (QED) is 0.572. The summed E-state index contributed by atoms with van der Waals surface area (Å²) in [5, 5.41) is 5.64. The number of halogens is 3. The zero-order valence-electron chi connectivity index (χ0n) is 11.3. The molecule has 22 heavy (non-hydrogen) atoms. The van der Waals surface area contributed by atoms with Crippen LogP contribution in [0.3, 0.4) is 0 Å². The molecule has 0 spiro atoms. The van der Waals surface area contributed by atoms with E-state index in [4.69, 9.17) is 34.8 Å². The third-order valence-corrected chi connectivity index (χ3v) is 5.81. The smallest absolute Gasteiger partial charge is 0.225 e. The first-order valence-electron chi connectivity index (χ1n) is 6.81. The van der Waals surface area contributed by atoms with E-state index >= 15 is 0 Å². The first-order chi connectivity index (χ1) is 10.6.